The van der Waals surface area contributed by atoms with E-state index in [1.54, 1.807) is 60.7 Å². The second-order valence-electron chi connectivity index (χ2n) is 7.25. The third-order valence-corrected chi connectivity index (χ3v) is 5.46. The third kappa shape index (κ3) is 4.42. The molecule has 2 aromatic carbocycles. The van der Waals surface area contributed by atoms with Crippen LogP contribution in [0.4, 0.5) is 13.2 Å². The first-order valence-electron chi connectivity index (χ1n) is 9.90. The fraction of sp³-hybridized carbons (Fsp3) is 0.0417. The summed E-state index contributed by atoms with van der Waals surface area (Å²) in [7, 11) is 0. The van der Waals surface area contributed by atoms with Crippen LogP contribution in [0.5, 0.6) is 0 Å². The molecule has 34 heavy (non-hydrogen) atoms. The molecule has 0 aliphatic heterocycles. The minimum atomic E-state index is -4.70. The SMILES string of the molecule is FC(F)(F)c1cc(-c2ccco2)nc(-n2nc(-c3ccc(Cl)cc3)cc2-c2ccc(Cl)cc2)n1. The summed E-state index contributed by atoms with van der Waals surface area (Å²) in [5.74, 6) is -0.0846. The summed E-state index contributed by atoms with van der Waals surface area (Å²) in [6.45, 7) is 0. The van der Waals surface area contributed by atoms with E-state index in [-0.39, 0.29) is 17.4 Å². The number of nitrogens with zero attached hydrogens (tertiary/aromatic N) is 4. The van der Waals surface area contributed by atoms with Gasteiger partial charge in [0, 0.05) is 21.2 Å². The second-order valence-corrected chi connectivity index (χ2v) is 8.13. The van der Waals surface area contributed by atoms with Crippen LogP contribution in [0.3, 0.4) is 0 Å². The highest BCUT2D eigenvalue weighted by molar-refractivity contribution is 6.30. The molecule has 5 nitrogen and oxygen atoms in total. The molecule has 0 radical (unpaired) electrons. The predicted octanol–water partition coefficient (Wildman–Crippen LogP) is 7.58. The van der Waals surface area contributed by atoms with Crippen molar-refractivity contribution in [3.8, 4) is 39.9 Å². The first-order chi connectivity index (χ1) is 16.3. The van der Waals surface area contributed by atoms with Crippen LogP contribution in [0.15, 0.2) is 83.5 Å². The van der Waals surface area contributed by atoms with E-state index in [4.69, 9.17) is 27.6 Å². The Hall–Kier alpha value is -3.62. The molecule has 3 aromatic heterocycles. The fourth-order valence-corrected chi connectivity index (χ4v) is 3.60. The van der Waals surface area contributed by atoms with Gasteiger partial charge in [0.15, 0.2) is 11.5 Å². The van der Waals surface area contributed by atoms with E-state index in [9.17, 15) is 13.2 Å². The van der Waals surface area contributed by atoms with Gasteiger partial charge in [-0.2, -0.15) is 23.0 Å². The lowest BCUT2D eigenvalue weighted by Gasteiger charge is -2.11. The van der Waals surface area contributed by atoms with Crippen molar-refractivity contribution in [2.24, 2.45) is 0 Å². The lowest BCUT2D eigenvalue weighted by atomic mass is 10.1. The lowest BCUT2D eigenvalue weighted by molar-refractivity contribution is -0.141. The van der Waals surface area contributed by atoms with E-state index in [1.807, 2.05) is 0 Å². The van der Waals surface area contributed by atoms with Crippen molar-refractivity contribution in [3.05, 3.63) is 94.8 Å². The van der Waals surface area contributed by atoms with Crippen LogP contribution in [-0.4, -0.2) is 19.7 Å². The molecule has 5 aromatic rings. The standard InChI is InChI=1S/C24H13Cl2F3N4O/c25-16-7-3-14(4-8-16)18-12-20(15-5-9-17(26)10-6-15)33(32-18)23-30-19(21-2-1-11-34-21)13-22(31-23)24(27,28)29/h1-13H. The van der Waals surface area contributed by atoms with Crippen molar-refractivity contribution in [1.82, 2.24) is 19.7 Å². The zero-order valence-corrected chi connectivity index (χ0v) is 18.6. The lowest BCUT2D eigenvalue weighted by Crippen LogP contribution is -2.14. The Labute approximate surface area is 201 Å². The number of furan rings is 1. The Kier molecular flexibility index (Phi) is 5.63. The monoisotopic (exact) mass is 500 g/mol. The molecule has 0 amide bonds. The molecule has 0 aliphatic rings. The molecule has 3 heterocycles. The van der Waals surface area contributed by atoms with Gasteiger partial charge in [-0.3, -0.25) is 0 Å². The van der Waals surface area contributed by atoms with Gasteiger partial charge in [-0.1, -0.05) is 47.5 Å². The van der Waals surface area contributed by atoms with E-state index in [0.29, 0.717) is 27.0 Å². The summed E-state index contributed by atoms with van der Waals surface area (Å²) >= 11 is 12.0. The Morgan fingerprint density at radius 3 is 2.00 bits per heavy atom. The van der Waals surface area contributed by atoms with Crippen LogP contribution < -0.4 is 0 Å². The molecular formula is C24H13Cl2F3N4O. The summed E-state index contributed by atoms with van der Waals surface area (Å²) in [5, 5.41) is 5.61. The Balaban J connectivity index is 1.74. The zero-order valence-electron chi connectivity index (χ0n) is 17.1. The van der Waals surface area contributed by atoms with E-state index in [2.05, 4.69) is 15.1 Å². The smallest absolute Gasteiger partial charge is 0.433 e. The normalized spacial score (nSPS) is 11.7. The van der Waals surface area contributed by atoms with Crippen LogP contribution in [0, 0.1) is 0 Å². The van der Waals surface area contributed by atoms with E-state index in [1.165, 1.54) is 17.0 Å². The van der Waals surface area contributed by atoms with Gasteiger partial charge in [-0.15, -0.1) is 0 Å². The summed E-state index contributed by atoms with van der Waals surface area (Å²) in [4.78, 5) is 8.12. The summed E-state index contributed by atoms with van der Waals surface area (Å²) in [6.07, 6.45) is -3.35. The van der Waals surface area contributed by atoms with Crippen LogP contribution in [0.1, 0.15) is 5.69 Å². The molecule has 0 unspecified atom stereocenters. The van der Waals surface area contributed by atoms with Crippen molar-refractivity contribution in [3.63, 3.8) is 0 Å². The highest BCUT2D eigenvalue weighted by Crippen LogP contribution is 2.33. The predicted molar refractivity (Wildman–Crippen MR) is 123 cm³/mol. The van der Waals surface area contributed by atoms with Crippen molar-refractivity contribution < 1.29 is 17.6 Å². The van der Waals surface area contributed by atoms with Crippen LogP contribution in [-0.2, 0) is 6.18 Å². The topological polar surface area (TPSA) is 56.7 Å². The summed E-state index contributed by atoms with van der Waals surface area (Å²) in [5.41, 5.74) is 1.23. The minimum absolute atomic E-state index is 0.0204. The Bertz CT molecular complexity index is 1450. The van der Waals surface area contributed by atoms with Crippen molar-refractivity contribution >= 4 is 23.2 Å². The fourth-order valence-electron chi connectivity index (χ4n) is 3.35. The van der Waals surface area contributed by atoms with E-state index in [0.717, 1.165) is 11.6 Å². The molecular weight excluding hydrogens is 488 g/mol. The third-order valence-electron chi connectivity index (χ3n) is 4.96. The van der Waals surface area contributed by atoms with Gasteiger partial charge in [-0.05, 0) is 48.5 Å². The summed E-state index contributed by atoms with van der Waals surface area (Å²) in [6, 6.07) is 19.4. The number of benzene rings is 2. The quantitative estimate of drug-likeness (QED) is 0.255. The molecule has 0 N–H and O–H groups in total. The number of hydrogen-bond donors (Lipinski definition) is 0. The average Bonchev–Trinajstić information content (AvgIpc) is 3.50. The second kappa shape index (κ2) is 8.62. The van der Waals surface area contributed by atoms with Crippen LogP contribution in [0.2, 0.25) is 10.0 Å². The molecule has 0 atom stereocenters. The molecule has 0 spiro atoms. The maximum Gasteiger partial charge on any atom is 0.433 e. The van der Waals surface area contributed by atoms with Gasteiger partial charge in [-0.25, -0.2) is 9.97 Å². The van der Waals surface area contributed by atoms with Crippen molar-refractivity contribution in [1.29, 1.82) is 0 Å². The number of rotatable bonds is 4. The first-order valence-corrected chi connectivity index (χ1v) is 10.7. The number of hydrogen-bond acceptors (Lipinski definition) is 4. The summed E-state index contributed by atoms with van der Waals surface area (Å²) < 4.78 is 47.7. The minimum Gasteiger partial charge on any atom is -0.463 e. The zero-order chi connectivity index (χ0) is 23.9. The van der Waals surface area contributed by atoms with Gasteiger partial charge < -0.3 is 4.42 Å². The first kappa shape index (κ1) is 22.2. The van der Waals surface area contributed by atoms with E-state index >= 15 is 0 Å². The van der Waals surface area contributed by atoms with Gasteiger partial charge in [0.1, 0.15) is 5.69 Å². The van der Waals surface area contributed by atoms with Crippen LogP contribution >= 0.6 is 23.2 Å². The molecule has 0 saturated carbocycles. The van der Waals surface area contributed by atoms with Gasteiger partial charge in [0.05, 0.1) is 17.7 Å². The van der Waals surface area contributed by atoms with E-state index < -0.39 is 11.9 Å². The Morgan fingerprint density at radius 2 is 1.41 bits per heavy atom. The van der Waals surface area contributed by atoms with Gasteiger partial charge in [0.25, 0.3) is 5.95 Å². The highest BCUT2D eigenvalue weighted by atomic mass is 35.5. The number of alkyl halides is 3. The highest BCUT2D eigenvalue weighted by Gasteiger charge is 2.34. The molecule has 0 aliphatic carbocycles. The largest absolute Gasteiger partial charge is 0.463 e. The molecule has 5 rings (SSSR count). The maximum absolute atomic E-state index is 13.7. The molecule has 0 saturated heterocycles. The van der Waals surface area contributed by atoms with Gasteiger partial charge in [0.2, 0.25) is 0 Å². The van der Waals surface area contributed by atoms with Crippen molar-refractivity contribution in [2.45, 2.75) is 6.18 Å². The molecule has 170 valence electrons. The van der Waals surface area contributed by atoms with Gasteiger partial charge >= 0.3 is 6.18 Å². The van der Waals surface area contributed by atoms with Crippen LogP contribution in [0.25, 0.3) is 39.9 Å². The number of halogens is 5. The molecule has 0 fully saturated rings. The maximum atomic E-state index is 13.7. The average molecular weight is 501 g/mol. The van der Waals surface area contributed by atoms with Crippen molar-refractivity contribution in [2.75, 3.05) is 0 Å². The number of aromatic nitrogens is 4. The Morgan fingerprint density at radius 1 is 0.765 bits per heavy atom. The molecule has 10 heteroatoms. The molecule has 0 bridgehead atoms.